The van der Waals surface area contributed by atoms with Gasteiger partial charge in [0.05, 0.1) is 5.69 Å². The maximum absolute atomic E-state index is 10.8. The van der Waals surface area contributed by atoms with Crippen LogP contribution >= 0.6 is 0 Å². The lowest BCUT2D eigenvalue weighted by Crippen LogP contribution is -2.24. The molecule has 0 bridgehead atoms. The van der Waals surface area contributed by atoms with Crippen LogP contribution < -0.4 is 5.32 Å². The van der Waals surface area contributed by atoms with Crippen LogP contribution in [0.5, 0.6) is 11.5 Å². The van der Waals surface area contributed by atoms with Crippen LogP contribution in [-0.4, -0.2) is 16.3 Å². The Kier molecular flexibility index (Phi) is 9.48. The van der Waals surface area contributed by atoms with Gasteiger partial charge in [0.2, 0.25) is 0 Å². The highest BCUT2D eigenvalue weighted by Crippen LogP contribution is 2.41. The standard InChI is InChI=1S/C20H33NO.C14H22O/c1-19(2,3)14-12-16(20(4,5)6)18(22)17(13-14)21-15-10-8-7-9-11-15;1-13(2,3)10-7-11(14(4,5)6)9-12(15)8-10/h12-13,15,21-22H,7-11H2,1-6H3;7-9,15H,1-6H3. The molecule has 3 N–H and O–H groups in total. The summed E-state index contributed by atoms with van der Waals surface area (Å²) in [5.74, 6) is 0.804. The van der Waals surface area contributed by atoms with Gasteiger partial charge in [-0.15, -0.1) is 0 Å². The number of rotatable bonds is 2. The first-order valence-corrected chi connectivity index (χ1v) is 14.2. The van der Waals surface area contributed by atoms with Crippen molar-refractivity contribution in [3.05, 3.63) is 52.6 Å². The number of nitrogens with one attached hydrogen (secondary N) is 1. The predicted octanol–water partition coefficient (Wildman–Crippen LogP) is 9.72. The van der Waals surface area contributed by atoms with Crippen molar-refractivity contribution in [3.63, 3.8) is 0 Å². The van der Waals surface area contributed by atoms with Crippen LogP contribution in [0.2, 0.25) is 0 Å². The lowest BCUT2D eigenvalue weighted by Gasteiger charge is -2.30. The fraction of sp³-hybridized carbons (Fsp3) is 0.647. The second kappa shape index (κ2) is 11.3. The molecule has 2 aromatic carbocycles. The van der Waals surface area contributed by atoms with Gasteiger partial charge in [-0.05, 0) is 69.4 Å². The fourth-order valence-corrected chi connectivity index (χ4v) is 4.69. The van der Waals surface area contributed by atoms with Crippen molar-refractivity contribution in [2.24, 2.45) is 0 Å². The van der Waals surface area contributed by atoms with E-state index < -0.39 is 0 Å². The van der Waals surface area contributed by atoms with Gasteiger partial charge in [0, 0.05) is 11.6 Å². The van der Waals surface area contributed by atoms with Gasteiger partial charge in [-0.25, -0.2) is 0 Å². The molecule has 0 amide bonds. The van der Waals surface area contributed by atoms with Crippen LogP contribution in [0.15, 0.2) is 30.3 Å². The van der Waals surface area contributed by atoms with Gasteiger partial charge < -0.3 is 15.5 Å². The van der Waals surface area contributed by atoms with Crippen LogP contribution in [0.4, 0.5) is 5.69 Å². The molecule has 0 spiro atoms. The largest absolute Gasteiger partial charge is 0.508 e. The molecule has 0 aromatic heterocycles. The van der Waals surface area contributed by atoms with Gasteiger partial charge in [0.25, 0.3) is 0 Å². The third-order valence-corrected chi connectivity index (χ3v) is 7.40. The van der Waals surface area contributed by atoms with Crippen molar-refractivity contribution in [1.82, 2.24) is 0 Å². The number of hydrogen-bond donors (Lipinski definition) is 3. The maximum atomic E-state index is 10.8. The summed E-state index contributed by atoms with van der Waals surface area (Å²) in [6.07, 6.45) is 6.36. The molecule has 1 aliphatic rings. The third kappa shape index (κ3) is 8.97. The van der Waals surface area contributed by atoms with E-state index in [2.05, 4.69) is 107 Å². The second-order valence-electron chi connectivity index (χ2n) is 15.2. The Morgan fingerprint density at radius 2 is 1.00 bits per heavy atom. The monoisotopic (exact) mass is 509 g/mol. The summed E-state index contributed by atoms with van der Waals surface area (Å²) in [5, 5.41) is 24.1. The van der Waals surface area contributed by atoms with Crippen molar-refractivity contribution >= 4 is 5.69 Å². The number of benzene rings is 2. The average molecular weight is 510 g/mol. The second-order valence-corrected chi connectivity index (χ2v) is 15.2. The van der Waals surface area contributed by atoms with E-state index in [4.69, 9.17) is 0 Å². The van der Waals surface area contributed by atoms with Gasteiger partial charge in [0.15, 0.2) is 0 Å². The quantitative estimate of drug-likeness (QED) is 0.353. The minimum Gasteiger partial charge on any atom is -0.508 e. The molecular formula is C34H55NO2. The Bertz CT molecular complexity index is 1000. The van der Waals surface area contributed by atoms with Crippen molar-refractivity contribution in [1.29, 1.82) is 0 Å². The Morgan fingerprint density at radius 3 is 1.41 bits per heavy atom. The molecule has 208 valence electrons. The summed E-state index contributed by atoms with van der Waals surface area (Å²) in [6, 6.07) is 10.7. The number of hydrogen-bond acceptors (Lipinski definition) is 3. The smallest absolute Gasteiger partial charge is 0.142 e. The molecule has 3 nitrogen and oxygen atoms in total. The lowest BCUT2D eigenvalue weighted by atomic mass is 9.79. The van der Waals surface area contributed by atoms with Gasteiger partial charge >= 0.3 is 0 Å². The zero-order valence-electron chi connectivity index (χ0n) is 25.9. The molecule has 1 saturated carbocycles. The van der Waals surface area contributed by atoms with E-state index in [9.17, 15) is 10.2 Å². The number of aromatic hydroxyl groups is 2. The van der Waals surface area contributed by atoms with Crippen LogP contribution in [-0.2, 0) is 21.7 Å². The van der Waals surface area contributed by atoms with Gasteiger partial charge in [-0.1, -0.05) is 114 Å². The van der Waals surface area contributed by atoms with E-state index in [-0.39, 0.29) is 21.7 Å². The minimum atomic E-state index is -0.0612. The van der Waals surface area contributed by atoms with Crippen LogP contribution in [0.25, 0.3) is 0 Å². The van der Waals surface area contributed by atoms with E-state index in [1.165, 1.54) is 48.8 Å². The van der Waals surface area contributed by atoms with Crippen molar-refractivity contribution < 1.29 is 10.2 Å². The zero-order valence-corrected chi connectivity index (χ0v) is 25.9. The maximum Gasteiger partial charge on any atom is 0.142 e. The van der Waals surface area contributed by atoms with E-state index >= 15 is 0 Å². The summed E-state index contributed by atoms with van der Waals surface area (Å²) >= 11 is 0. The normalized spacial score (nSPS) is 15.7. The first-order chi connectivity index (χ1) is 16.7. The van der Waals surface area contributed by atoms with Crippen LogP contribution in [0.1, 0.15) is 137 Å². The third-order valence-electron chi connectivity index (χ3n) is 7.40. The Labute approximate surface area is 228 Å². The molecule has 0 heterocycles. The Morgan fingerprint density at radius 1 is 0.568 bits per heavy atom. The van der Waals surface area contributed by atoms with Gasteiger partial charge in [-0.2, -0.15) is 0 Å². The molecule has 1 fully saturated rings. The number of phenols is 2. The van der Waals surface area contributed by atoms with Gasteiger partial charge in [0.1, 0.15) is 11.5 Å². The highest BCUT2D eigenvalue weighted by molar-refractivity contribution is 5.64. The molecule has 0 atom stereocenters. The number of anilines is 1. The molecule has 1 aliphatic carbocycles. The predicted molar refractivity (Wildman–Crippen MR) is 162 cm³/mol. The van der Waals surface area contributed by atoms with Crippen molar-refractivity contribution in [3.8, 4) is 11.5 Å². The lowest BCUT2D eigenvalue weighted by molar-refractivity contribution is 0.437. The SMILES string of the molecule is CC(C)(C)c1cc(NC2CCCCC2)c(O)c(C(C)(C)C)c1.CC(C)(C)c1cc(O)cc(C(C)(C)C)c1. The van der Waals surface area contributed by atoms with E-state index in [0.29, 0.717) is 17.5 Å². The van der Waals surface area contributed by atoms with Crippen molar-refractivity contribution in [2.75, 3.05) is 5.32 Å². The summed E-state index contributed by atoms with van der Waals surface area (Å²) in [4.78, 5) is 0. The van der Waals surface area contributed by atoms with Crippen molar-refractivity contribution in [2.45, 2.75) is 143 Å². The molecule has 3 heteroatoms. The van der Waals surface area contributed by atoms with E-state index in [1.54, 1.807) is 0 Å². The molecule has 0 saturated heterocycles. The van der Waals surface area contributed by atoms with E-state index in [1.807, 2.05) is 12.1 Å². The Balaban J connectivity index is 0.000000281. The molecular weight excluding hydrogens is 454 g/mol. The zero-order chi connectivity index (χ0) is 28.4. The minimum absolute atomic E-state index is 0.0612. The molecule has 0 unspecified atom stereocenters. The number of phenolic OH excluding ortho intramolecular Hbond substituents is 2. The highest BCUT2D eigenvalue weighted by atomic mass is 16.3. The summed E-state index contributed by atoms with van der Waals surface area (Å²) in [5.41, 5.74) is 5.80. The van der Waals surface area contributed by atoms with Crippen LogP contribution in [0, 0.1) is 0 Å². The Hall–Kier alpha value is -2.16. The summed E-state index contributed by atoms with van der Waals surface area (Å²) in [7, 11) is 0. The van der Waals surface area contributed by atoms with E-state index in [0.717, 1.165) is 11.3 Å². The first kappa shape index (κ1) is 31.1. The molecule has 0 radical (unpaired) electrons. The molecule has 37 heavy (non-hydrogen) atoms. The summed E-state index contributed by atoms with van der Waals surface area (Å²) < 4.78 is 0. The molecule has 3 rings (SSSR count). The average Bonchev–Trinajstić information content (AvgIpc) is 2.73. The molecule has 0 aliphatic heterocycles. The fourth-order valence-electron chi connectivity index (χ4n) is 4.69. The molecule has 2 aromatic rings. The first-order valence-electron chi connectivity index (χ1n) is 14.2. The summed E-state index contributed by atoms with van der Waals surface area (Å²) in [6.45, 7) is 26.2. The highest BCUT2D eigenvalue weighted by Gasteiger charge is 2.26. The topological polar surface area (TPSA) is 52.5 Å². The van der Waals surface area contributed by atoms with Crippen LogP contribution in [0.3, 0.4) is 0 Å². The van der Waals surface area contributed by atoms with Gasteiger partial charge in [-0.3, -0.25) is 0 Å².